The molecule has 0 fully saturated rings. The summed E-state index contributed by atoms with van der Waals surface area (Å²) in [6.07, 6.45) is 5.63. The summed E-state index contributed by atoms with van der Waals surface area (Å²) in [5, 5.41) is 3.06. The maximum Gasteiger partial charge on any atom is 0.224 e. The summed E-state index contributed by atoms with van der Waals surface area (Å²) in [5.74, 6) is 0.0729. The number of rotatable bonds is 4. The Hall–Kier alpha value is -3.01. The fraction of sp³-hybridized carbons (Fsp3) is 0.320. The average molecular weight is 388 g/mol. The van der Waals surface area contributed by atoms with Gasteiger partial charge in [0.1, 0.15) is 0 Å². The van der Waals surface area contributed by atoms with E-state index in [9.17, 15) is 4.79 Å². The molecule has 4 rings (SSSR count). The molecule has 150 valence electrons. The van der Waals surface area contributed by atoms with E-state index >= 15 is 0 Å². The molecular weight excluding hydrogens is 358 g/mol. The van der Waals surface area contributed by atoms with E-state index in [4.69, 9.17) is 0 Å². The third kappa shape index (κ3) is 4.21. The van der Waals surface area contributed by atoms with Crippen molar-refractivity contribution in [2.75, 3.05) is 16.8 Å². The molecule has 2 aromatic carbocycles. The van der Waals surface area contributed by atoms with Gasteiger partial charge in [-0.25, -0.2) is 0 Å². The number of hydrogen-bond donors (Lipinski definition) is 1. The van der Waals surface area contributed by atoms with Gasteiger partial charge in [-0.3, -0.25) is 4.79 Å². The Kier molecular flexibility index (Phi) is 4.95. The summed E-state index contributed by atoms with van der Waals surface area (Å²) in [5.41, 5.74) is 7.06. The van der Waals surface area contributed by atoms with Crippen LogP contribution in [0, 0.1) is 12.3 Å². The SMILES string of the molecule is Cc1cc(-n2cccc2)ccc1N1CCc2cc(NC(=O)CC(C)(C)C)ccc21. The molecule has 0 saturated heterocycles. The van der Waals surface area contributed by atoms with E-state index in [2.05, 4.69) is 85.2 Å². The van der Waals surface area contributed by atoms with Gasteiger partial charge in [-0.1, -0.05) is 20.8 Å². The van der Waals surface area contributed by atoms with Crippen molar-refractivity contribution in [3.63, 3.8) is 0 Å². The molecule has 1 aliphatic heterocycles. The van der Waals surface area contributed by atoms with Gasteiger partial charge < -0.3 is 14.8 Å². The molecule has 0 spiro atoms. The lowest BCUT2D eigenvalue weighted by molar-refractivity contribution is -0.117. The van der Waals surface area contributed by atoms with E-state index in [1.54, 1.807) is 0 Å². The molecule has 1 N–H and O–H groups in total. The second-order valence-electron chi connectivity index (χ2n) is 9.09. The molecule has 0 unspecified atom stereocenters. The molecule has 2 heterocycles. The van der Waals surface area contributed by atoms with Crippen LogP contribution in [0.1, 0.15) is 38.3 Å². The van der Waals surface area contributed by atoms with Crippen LogP contribution in [0.3, 0.4) is 0 Å². The van der Waals surface area contributed by atoms with E-state index in [-0.39, 0.29) is 11.3 Å². The van der Waals surface area contributed by atoms with Gasteiger partial charge in [0.2, 0.25) is 5.91 Å². The molecule has 0 bridgehead atoms. The Morgan fingerprint density at radius 3 is 2.45 bits per heavy atom. The molecule has 4 heteroatoms. The van der Waals surface area contributed by atoms with Crippen LogP contribution in [-0.4, -0.2) is 17.0 Å². The number of nitrogens with zero attached hydrogens (tertiary/aromatic N) is 2. The fourth-order valence-electron chi connectivity index (χ4n) is 4.03. The van der Waals surface area contributed by atoms with E-state index in [1.807, 2.05) is 18.2 Å². The predicted octanol–water partition coefficient (Wildman–Crippen LogP) is 5.85. The molecule has 0 radical (unpaired) electrons. The highest BCUT2D eigenvalue weighted by atomic mass is 16.1. The summed E-state index contributed by atoms with van der Waals surface area (Å²) < 4.78 is 2.13. The van der Waals surface area contributed by atoms with Gasteiger partial charge in [-0.2, -0.15) is 0 Å². The lowest BCUT2D eigenvalue weighted by Crippen LogP contribution is -2.19. The molecule has 3 aromatic rings. The number of amides is 1. The monoisotopic (exact) mass is 387 g/mol. The maximum atomic E-state index is 12.3. The molecule has 1 aromatic heterocycles. The molecule has 0 atom stereocenters. The molecule has 1 amide bonds. The van der Waals surface area contributed by atoms with Crippen LogP contribution in [0.25, 0.3) is 5.69 Å². The van der Waals surface area contributed by atoms with Crippen LogP contribution in [-0.2, 0) is 11.2 Å². The maximum absolute atomic E-state index is 12.3. The topological polar surface area (TPSA) is 37.3 Å². The Labute approximate surface area is 173 Å². The summed E-state index contributed by atoms with van der Waals surface area (Å²) in [6, 6.07) is 17.0. The van der Waals surface area contributed by atoms with Crippen molar-refractivity contribution in [1.29, 1.82) is 0 Å². The molecule has 29 heavy (non-hydrogen) atoms. The Morgan fingerprint density at radius 1 is 1.03 bits per heavy atom. The van der Waals surface area contributed by atoms with Crippen molar-refractivity contribution in [3.05, 3.63) is 72.1 Å². The average Bonchev–Trinajstić information content (AvgIpc) is 3.29. The molecule has 1 aliphatic rings. The van der Waals surface area contributed by atoms with Crippen molar-refractivity contribution in [3.8, 4) is 5.69 Å². The van der Waals surface area contributed by atoms with Crippen LogP contribution in [0.5, 0.6) is 0 Å². The zero-order valence-electron chi connectivity index (χ0n) is 17.7. The minimum atomic E-state index is -0.0120. The van der Waals surface area contributed by atoms with E-state index in [0.717, 1.165) is 18.7 Å². The number of hydrogen-bond acceptors (Lipinski definition) is 2. The highest BCUT2D eigenvalue weighted by molar-refractivity contribution is 5.91. The van der Waals surface area contributed by atoms with E-state index < -0.39 is 0 Å². The summed E-state index contributed by atoms with van der Waals surface area (Å²) >= 11 is 0. The zero-order valence-corrected chi connectivity index (χ0v) is 17.7. The third-order valence-electron chi connectivity index (χ3n) is 5.32. The summed E-state index contributed by atoms with van der Waals surface area (Å²) in [6.45, 7) is 9.37. The van der Waals surface area contributed by atoms with Crippen LogP contribution in [0.4, 0.5) is 17.1 Å². The van der Waals surface area contributed by atoms with Crippen molar-refractivity contribution >= 4 is 23.0 Å². The lowest BCUT2D eigenvalue weighted by atomic mass is 9.92. The largest absolute Gasteiger partial charge is 0.341 e. The first-order valence-corrected chi connectivity index (χ1v) is 10.2. The smallest absolute Gasteiger partial charge is 0.224 e. The summed E-state index contributed by atoms with van der Waals surface area (Å²) in [4.78, 5) is 14.6. The number of nitrogens with one attached hydrogen (secondary N) is 1. The highest BCUT2D eigenvalue weighted by Gasteiger charge is 2.23. The number of benzene rings is 2. The number of carbonyl (C=O) groups excluding carboxylic acids is 1. The first-order valence-electron chi connectivity index (χ1n) is 10.2. The van der Waals surface area contributed by atoms with Gasteiger partial charge in [0.05, 0.1) is 0 Å². The lowest BCUT2D eigenvalue weighted by Gasteiger charge is -2.23. The first-order chi connectivity index (χ1) is 13.8. The van der Waals surface area contributed by atoms with Gasteiger partial charge in [0, 0.05) is 48.1 Å². The van der Waals surface area contributed by atoms with Gasteiger partial charge in [0.25, 0.3) is 0 Å². The standard InChI is InChI=1S/C25H29N3O/c1-18-15-21(27-12-5-6-13-27)8-10-22(18)28-14-11-19-16-20(7-9-23(19)28)26-24(29)17-25(2,3)4/h5-10,12-13,15-16H,11,14,17H2,1-4H3,(H,26,29). The minimum Gasteiger partial charge on any atom is -0.341 e. The fourth-order valence-corrected chi connectivity index (χ4v) is 4.03. The van der Waals surface area contributed by atoms with Crippen LogP contribution >= 0.6 is 0 Å². The highest BCUT2D eigenvalue weighted by Crippen LogP contribution is 2.38. The second kappa shape index (κ2) is 7.43. The van der Waals surface area contributed by atoms with Crippen molar-refractivity contribution in [2.45, 2.75) is 40.5 Å². The normalized spacial score (nSPS) is 13.4. The second-order valence-corrected chi connectivity index (χ2v) is 9.09. The van der Waals surface area contributed by atoms with Crippen LogP contribution in [0.2, 0.25) is 0 Å². The van der Waals surface area contributed by atoms with Gasteiger partial charge >= 0.3 is 0 Å². The number of carbonyl (C=O) groups is 1. The predicted molar refractivity (Wildman–Crippen MR) is 120 cm³/mol. The molecule has 0 saturated carbocycles. The van der Waals surface area contributed by atoms with Crippen LogP contribution < -0.4 is 10.2 Å². The number of aromatic nitrogens is 1. The van der Waals surface area contributed by atoms with E-state index in [1.165, 1.54) is 28.2 Å². The zero-order chi connectivity index (χ0) is 20.6. The van der Waals surface area contributed by atoms with Crippen molar-refractivity contribution < 1.29 is 4.79 Å². The Morgan fingerprint density at radius 2 is 1.76 bits per heavy atom. The number of fused-ring (bicyclic) bond motifs is 1. The molecule has 0 aliphatic carbocycles. The van der Waals surface area contributed by atoms with Crippen molar-refractivity contribution in [2.24, 2.45) is 5.41 Å². The molecule has 4 nitrogen and oxygen atoms in total. The van der Waals surface area contributed by atoms with Gasteiger partial charge in [0.15, 0.2) is 0 Å². The number of aryl methyl sites for hydroxylation is 1. The van der Waals surface area contributed by atoms with Gasteiger partial charge in [-0.15, -0.1) is 0 Å². The Balaban J connectivity index is 1.54. The van der Waals surface area contributed by atoms with E-state index in [0.29, 0.717) is 6.42 Å². The summed E-state index contributed by atoms with van der Waals surface area (Å²) in [7, 11) is 0. The first kappa shape index (κ1) is 19.3. The quantitative estimate of drug-likeness (QED) is 0.609. The van der Waals surface area contributed by atoms with Crippen molar-refractivity contribution in [1.82, 2.24) is 4.57 Å². The number of anilines is 3. The van der Waals surface area contributed by atoms with Gasteiger partial charge in [-0.05, 0) is 78.4 Å². The molecular formula is C25H29N3O. The Bertz CT molecular complexity index is 1030. The van der Waals surface area contributed by atoms with Crippen LogP contribution in [0.15, 0.2) is 60.9 Å². The minimum absolute atomic E-state index is 0.0120. The third-order valence-corrected chi connectivity index (χ3v) is 5.32.